The van der Waals surface area contributed by atoms with Gasteiger partial charge >= 0.3 is 13.3 Å². The number of halogens is 2. The zero-order valence-corrected chi connectivity index (χ0v) is 9.54. The first-order chi connectivity index (χ1) is 7.31. The zero-order chi connectivity index (χ0) is 12.7. The van der Waals surface area contributed by atoms with E-state index in [4.69, 9.17) is 25.0 Å². The van der Waals surface area contributed by atoms with Crippen LogP contribution in [0, 0.1) is 0 Å². The molecule has 0 fully saturated rings. The number of nitrogens with two attached hydrogens (primary N) is 1. The molecule has 0 heterocycles. The van der Waals surface area contributed by atoms with Crippen LogP contribution >= 0.6 is 7.60 Å². The maximum atomic E-state index is 12.7. The third-order valence-corrected chi connectivity index (χ3v) is 2.68. The minimum absolute atomic E-state index is 0.0806. The molecule has 0 aromatic carbocycles. The topological polar surface area (TPSA) is 102 Å². The highest BCUT2D eigenvalue weighted by molar-refractivity contribution is 7.53. The third kappa shape index (κ3) is 6.47. The van der Waals surface area contributed by atoms with Gasteiger partial charge in [0.05, 0.1) is 26.4 Å². The van der Waals surface area contributed by atoms with Gasteiger partial charge in [-0.2, -0.15) is 8.78 Å². The molecule has 0 aliphatic heterocycles. The minimum atomic E-state index is -5.40. The lowest BCUT2D eigenvalue weighted by atomic mass is 10.5. The fourth-order valence-corrected chi connectivity index (χ4v) is 1.13. The molecule has 0 amide bonds. The van der Waals surface area contributed by atoms with Gasteiger partial charge in [-0.1, -0.05) is 0 Å². The normalized spacial score (nSPS) is 13.1. The number of ether oxygens (including phenoxy) is 2. The van der Waals surface area contributed by atoms with Crippen molar-refractivity contribution in [3.05, 3.63) is 0 Å². The smallest absolute Gasteiger partial charge is 0.379 e. The van der Waals surface area contributed by atoms with E-state index in [0.717, 1.165) is 0 Å². The molecular formula is C7H16F2NO5P. The number of hydrogen-bond acceptors (Lipinski definition) is 4. The molecule has 0 aliphatic carbocycles. The largest absolute Gasteiger partial charge is 0.394 e. The van der Waals surface area contributed by atoms with Crippen LogP contribution in [0.2, 0.25) is 0 Å². The summed E-state index contributed by atoms with van der Waals surface area (Å²) in [4.78, 5) is 16.6. The van der Waals surface area contributed by atoms with Crippen molar-refractivity contribution in [1.29, 1.82) is 0 Å². The molecule has 6 nitrogen and oxygen atoms in total. The van der Waals surface area contributed by atoms with Gasteiger partial charge in [0.1, 0.15) is 0 Å². The van der Waals surface area contributed by atoms with Crippen LogP contribution in [-0.4, -0.2) is 48.4 Å². The van der Waals surface area contributed by atoms with Crippen molar-refractivity contribution in [2.24, 2.45) is 5.73 Å². The predicted molar refractivity (Wildman–Crippen MR) is 52.3 cm³/mol. The van der Waals surface area contributed by atoms with Crippen LogP contribution in [0.5, 0.6) is 0 Å². The summed E-state index contributed by atoms with van der Waals surface area (Å²) in [6.45, 7) is 0.554. The zero-order valence-electron chi connectivity index (χ0n) is 8.64. The van der Waals surface area contributed by atoms with E-state index >= 15 is 0 Å². The Balaban J connectivity index is 3.55. The van der Waals surface area contributed by atoms with Crippen molar-refractivity contribution in [1.82, 2.24) is 0 Å². The van der Waals surface area contributed by atoms with Crippen molar-refractivity contribution in [2.45, 2.75) is 12.1 Å². The lowest BCUT2D eigenvalue weighted by Gasteiger charge is -2.17. The van der Waals surface area contributed by atoms with E-state index < -0.39 is 26.3 Å². The Hall–Kier alpha value is -0.110. The second-order valence-electron chi connectivity index (χ2n) is 2.97. The molecule has 9 heteroatoms. The highest BCUT2D eigenvalue weighted by Gasteiger charge is 2.47. The van der Waals surface area contributed by atoms with Gasteiger partial charge in [-0.25, -0.2) is 0 Å². The number of hydrogen-bond donors (Lipinski definition) is 3. The van der Waals surface area contributed by atoms with Gasteiger partial charge in [0.15, 0.2) is 0 Å². The second-order valence-corrected chi connectivity index (χ2v) is 4.72. The SMILES string of the molecule is NCCOCCOCCC(F)(F)P(=O)(O)O. The van der Waals surface area contributed by atoms with E-state index in [1.807, 2.05) is 0 Å². The molecule has 0 unspecified atom stereocenters. The van der Waals surface area contributed by atoms with Crippen LogP contribution in [0.25, 0.3) is 0 Å². The van der Waals surface area contributed by atoms with Crippen molar-refractivity contribution in [3.63, 3.8) is 0 Å². The molecule has 98 valence electrons. The lowest BCUT2D eigenvalue weighted by molar-refractivity contribution is -0.000319. The summed E-state index contributed by atoms with van der Waals surface area (Å²) in [6, 6.07) is 0. The third-order valence-electron chi connectivity index (χ3n) is 1.61. The summed E-state index contributed by atoms with van der Waals surface area (Å²) in [7, 11) is -5.40. The molecule has 4 N–H and O–H groups in total. The molecule has 0 aromatic rings. The summed E-state index contributed by atoms with van der Waals surface area (Å²) in [5.74, 6) is 0. The molecule has 0 saturated heterocycles. The highest BCUT2D eigenvalue weighted by atomic mass is 31.2. The minimum Gasteiger partial charge on any atom is -0.379 e. The molecule has 0 atom stereocenters. The molecular weight excluding hydrogens is 247 g/mol. The Morgan fingerprint density at radius 2 is 1.62 bits per heavy atom. The standard InChI is InChI=1S/C7H16F2NO5P/c8-7(9,16(11,12)13)1-3-14-5-6-15-4-2-10/h1-6,10H2,(H2,11,12,13). The van der Waals surface area contributed by atoms with Gasteiger partial charge < -0.3 is 25.0 Å². The van der Waals surface area contributed by atoms with Gasteiger partial charge in [0, 0.05) is 13.0 Å². The van der Waals surface area contributed by atoms with Crippen molar-refractivity contribution in [3.8, 4) is 0 Å². The fourth-order valence-electron chi connectivity index (χ4n) is 0.746. The van der Waals surface area contributed by atoms with E-state index in [1.54, 1.807) is 0 Å². The van der Waals surface area contributed by atoms with E-state index in [0.29, 0.717) is 13.2 Å². The van der Waals surface area contributed by atoms with E-state index in [2.05, 4.69) is 0 Å². The van der Waals surface area contributed by atoms with Crippen LogP contribution in [-0.2, 0) is 14.0 Å². The molecule has 0 rings (SSSR count). The average Bonchev–Trinajstić information content (AvgIpc) is 2.14. The van der Waals surface area contributed by atoms with Crippen LogP contribution < -0.4 is 5.73 Å². The molecule has 0 saturated carbocycles. The monoisotopic (exact) mass is 263 g/mol. The molecule has 0 spiro atoms. The van der Waals surface area contributed by atoms with Crippen LogP contribution in [0.15, 0.2) is 0 Å². The van der Waals surface area contributed by atoms with Gasteiger partial charge in [-0.15, -0.1) is 0 Å². The summed E-state index contributed by atoms with van der Waals surface area (Å²) in [6.07, 6.45) is -1.02. The van der Waals surface area contributed by atoms with E-state index in [1.165, 1.54) is 0 Å². The molecule has 16 heavy (non-hydrogen) atoms. The summed E-state index contributed by atoms with van der Waals surface area (Å²) in [5, 5.41) is 0. The maximum Gasteiger partial charge on any atom is 0.394 e. The van der Waals surface area contributed by atoms with Gasteiger partial charge in [-0.3, -0.25) is 4.57 Å². The first-order valence-electron chi connectivity index (χ1n) is 4.60. The quantitative estimate of drug-likeness (QED) is 0.404. The van der Waals surface area contributed by atoms with Gasteiger partial charge in [0.2, 0.25) is 0 Å². The maximum absolute atomic E-state index is 12.7. The Labute approximate surface area is 91.9 Å². The average molecular weight is 263 g/mol. The first-order valence-corrected chi connectivity index (χ1v) is 6.21. The number of rotatable bonds is 9. The Bertz CT molecular complexity index is 235. The Kier molecular flexibility index (Phi) is 7.21. The molecule has 0 aliphatic rings. The first kappa shape index (κ1) is 15.9. The van der Waals surface area contributed by atoms with Crippen molar-refractivity contribution in [2.75, 3.05) is 33.0 Å². The summed E-state index contributed by atoms with van der Waals surface area (Å²) in [5.41, 5.74) is 1.09. The number of alkyl halides is 2. The van der Waals surface area contributed by atoms with Crippen LogP contribution in [0.3, 0.4) is 0 Å². The van der Waals surface area contributed by atoms with Crippen LogP contribution in [0.1, 0.15) is 6.42 Å². The molecule has 0 bridgehead atoms. The summed E-state index contributed by atoms with van der Waals surface area (Å²) < 4.78 is 45.3. The molecule has 0 aromatic heterocycles. The second kappa shape index (κ2) is 7.26. The highest BCUT2D eigenvalue weighted by Crippen LogP contribution is 2.54. The predicted octanol–water partition coefficient (Wildman–Crippen LogP) is 0.139. The van der Waals surface area contributed by atoms with E-state index in [-0.39, 0.29) is 13.2 Å². The van der Waals surface area contributed by atoms with Crippen molar-refractivity contribution < 1.29 is 32.6 Å². The van der Waals surface area contributed by atoms with Gasteiger partial charge in [0.25, 0.3) is 0 Å². The molecule has 0 radical (unpaired) electrons. The summed E-state index contributed by atoms with van der Waals surface area (Å²) >= 11 is 0. The van der Waals surface area contributed by atoms with Crippen molar-refractivity contribution >= 4 is 7.60 Å². The Morgan fingerprint density at radius 3 is 2.06 bits per heavy atom. The lowest BCUT2D eigenvalue weighted by Crippen LogP contribution is -2.20. The fraction of sp³-hybridized carbons (Fsp3) is 1.00. The van der Waals surface area contributed by atoms with Crippen LogP contribution in [0.4, 0.5) is 8.78 Å². The van der Waals surface area contributed by atoms with Gasteiger partial charge in [-0.05, 0) is 0 Å². The Morgan fingerprint density at radius 1 is 1.12 bits per heavy atom. The van der Waals surface area contributed by atoms with E-state index in [9.17, 15) is 13.3 Å².